The van der Waals surface area contributed by atoms with Crippen LogP contribution >= 0.6 is 22.7 Å². The maximum atomic E-state index is 11.2. The maximum Gasteiger partial charge on any atom is 0.307 e. The highest BCUT2D eigenvalue weighted by Gasteiger charge is 2.26. The molecule has 0 aliphatic carbocycles. The van der Waals surface area contributed by atoms with E-state index in [0.717, 1.165) is 45.3 Å². The first-order chi connectivity index (χ1) is 12.1. The number of carboxylic acids is 1. The lowest BCUT2D eigenvalue weighted by Crippen LogP contribution is -2.39. The number of hydrogen-bond acceptors (Lipinski definition) is 4. The molecule has 0 aromatic carbocycles. The van der Waals surface area contributed by atoms with Gasteiger partial charge >= 0.3 is 5.97 Å². The van der Waals surface area contributed by atoms with Crippen LogP contribution < -0.4 is 0 Å². The van der Waals surface area contributed by atoms with Crippen molar-refractivity contribution in [1.29, 1.82) is 0 Å². The van der Waals surface area contributed by atoms with Gasteiger partial charge in [-0.2, -0.15) is 0 Å². The molecule has 0 saturated carbocycles. The molecule has 3 rings (SSSR count). The van der Waals surface area contributed by atoms with E-state index in [2.05, 4.69) is 41.6 Å². The molecular weight excluding hydrogens is 350 g/mol. The van der Waals surface area contributed by atoms with Gasteiger partial charge in [0.1, 0.15) is 0 Å². The molecule has 0 amide bonds. The van der Waals surface area contributed by atoms with Gasteiger partial charge in [-0.1, -0.05) is 0 Å². The van der Waals surface area contributed by atoms with Crippen LogP contribution in [-0.4, -0.2) is 35.6 Å². The van der Waals surface area contributed by atoms with E-state index < -0.39 is 5.97 Å². The summed E-state index contributed by atoms with van der Waals surface area (Å²) in [6, 6.07) is 4.44. The van der Waals surface area contributed by atoms with Gasteiger partial charge in [0, 0.05) is 22.2 Å². The molecular formula is C20H27NO2S2. The first kappa shape index (κ1) is 18.6. The SMILES string of the molecule is Cc1ccsc1C(CCCN1CCC[C@@H](C(=O)O)C1)c1sccc1C. The monoisotopic (exact) mass is 377 g/mol. The number of nitrogens with zero attached hydrogens (tertiary/aromatic N) is 1. The van der Waals surface area contributed by atoms with E-state index >= 15 is 0 Å². The zero-order valence-corrected chi connectivity index (χ0v) is 16.7. The van der Waals surface area contributed by atoms with Crippen molar-refractivity contribution >= 4 is 28.6 Å². The third-order valence-electron chi connectivity index (χ3n) is 5.26. The quantitative estimate of drug-likeness (QED) is 0.727. The fourth-order valence-corrected chi connectivity index (χ4v) is 6.06. The molecule has 2 aromatic rings. The van der Waals surface area contributed by atoms with Crippen molar-refractivity contribution < 1.29 is 9.90 Å². The van der Waals surface area contributed by atoms with Crippen LogP contribution in [0.1, 0.15) is 52.5 Å². The predicted molar refractivity (Wildman–Crippen MR) is 106 cm³/mol. The molecule has 25 heavy (non-hydrogen) atoms. The second-order valence-electron chi connectivity index (χ2n) is 7.11. The second kappa shape index (κ2) is 8.47. The van der Waals surface area contributed by atoms with E-state index in [-0.39, 0.29) is 5.92 Å². The summed E-state index contributed by atoms with van der Waals surface area (Å²) >= 11 is 3.74. The molecule has 3 nitrogen and oxygen atoms in total. The van der Waals surface area contributed by atoms with Crippen molar-refractivity contribution in [2.24, 2.45) is 5.92 Å². The number of carbonyl (C=O) groups is 1. The Hall–Kier alpha value is -1.17. The van der Waals surface area contributed by atoms with Crippen molar-refractivity contribution in [3.63, 3.8) is 0 Å². The minimum Gasteiger partial charge on any atom is -0.481 e. The standard InChI is InChI=1S/C20H27NO2S2/c1-14-7-11-24-18(14)17(19-15(2)8-12-25-19)6-4-10-21-9-3-5-16(13-21)20(22)23/h7-8,11-12,16-17H,3-6,9-10,13H2,1-2H3,(H,22,23)/t16-/m1/s1. The number of hydrogen-bond donors (Lipinski definition) is 1. The van der Waals surface area contributed by atoms with Crippen LogP contribution in [0.2, 0.25) is 0 Å². The Balaban J connectivity index is 1.63. The molecule has 0 unspecified atom stereocenters. The van der Waals surface area contributed by atoms with Gasteiger partial charge in [0.05, 0.1) is 5.92 Å². The lowest BCUT2D eigenvalue weighted by Gasteiger charge is -2.31. The largest absolute Gasteiger partial charge is 0.481 e. The van der Waals surface area contributed by atoms with Crippen molar-refractivity contribution in [3.05, 3.63) is 43.8 Å². The molecule has 1 atom stereocenters. The number of rotatable bonds is 7. The summed E-state index contributed by atoms with van der Waals surface area (Å²) in [5, 5.41) is 13.7. The topological polar surface area (TPSA) is 40.5 Å². The van der Waals surface area contributed by atoms with E-state index in [0.29, 0.717) is 5.92 Å². The first-order valence-electron chi connectivity index (χ1n) is 9.09. The van der Waals surface area contributed by atoms with Crippen LogP contribution in [0.3, 0.4) is 0 Å². The first-order valence-corrected chi connectivity index (χ1v) is 10.9. The van der Waals surface area contributed by atoms with E-state index in [1.54, 1.807) is 0 Å². The lowest BCUT2D eigenvalue weighted by atomic mass is 9.94. The molecule has 1 aliphatic rings. The summed E-state index contributed by atoms with van der Waals surface area (Å²) in [5.74, 6) is -0.324. The van der Waals surface area contributed by atoms with Crippen LogP contribution in [0, 0.1) is 19.8 Å². The number of likely N-dealkylation sites (tertiary alicyclic amines) is 1. The minimum atomic E-state index is -0.633. The van der Waals surface area contributed by atoms with Gasteiger partial charge in [0.2, 0.25) is 0 Å². The van der Waals surface area contributed by atoms with Crippen LogP contribution in [0.15, 0.2) is 22.9 Å². The Kier molecular flexibility index (Phi) is 6.31. The van der Waals surface area contributed by atoms with Crippen LogP contribution in [-0.2, 0) is 4.79 Å². The fourth-order valence-electron chi connectivity index (χ4n) is 3.84. The summed E-state index contributed by atoms with van der Waals surface area (Å²) in [6.07, 6.45) is 4.09. The van der Waals surface area contributed by atoms with Crippen LogP contribution in [0.5, 0.6) is 0 Å². The third kappa shape index (κ3) is 4.52. The highest BCUT2D eigenvalue weighted by atomic mass is 32.1. The van der Waals surface area contributed by atoms with Crippen molar-refractivity contribution in [2.45, 2.75) is 45.4 Å². The van der Waals surface area contributed by atoms with Crippen molar-refractivity contribution in [1.82, 2.24) is 4.90 Å². The number of piperidine rings is 1. The number of carboxylic acid groups (broad SMARTS) is 1. The Labute approximate surface area is 158 Å². The summed E-state index contributed by atoms with van der Waals surface area (Å²) < 4.78 is 0. The van der Waals surface area contributed by atoms with Crippen molar-refractivity contribution in [2.75, 3.05) is 19.6 Å². The summed E-state index contributed by atoms with van der Waals surface area (Å²) in [5.41, 5.74) is 2.79. The normalized spacial score (nSPS) is 18.8. The van der Waals surface area contributed by atoms with E-state index in [1.165, 1.54) is 20.9 Å². The van der Waals surface area contributed by atoms with Gasteiger partial charge in [-0.05, 0) is 86.6 Å². The zero-order chi connectivity index (χ0) is 17.8. The van der Waals surface area contributed by atoms with Gasteiger partial charge in [0.25, 0.3) is 0 Å². The van der Waals surface area contributed by atoms with Gasteiger partial charge < -0.3 is 10.0 Å². The molecule has 3 heterocycles. The van der Waals surface area contributed by atoms with E-state index in [1.807, 2.05) is 22.7 Å². The smallest absolute Gasteiger partial charge is 0.307 e. The van der Waals surface area contributed by atoms with E-state index in [4.69, 9.17) is 0 Å². The highest BCUT2D eigenvalue weighted by molar-refractivity contribution is 7.11. The minimum absolute atomic E-state index is 0.177. The summed E-state index contributed by atoms with van der Waals surface area (Å²) in [6.45, 7) is 7.20. The fraction of sp³-hybridized carbons (Fsp3) is 0.550. The number of aliphatic carboxylic acids is 1. The Morgan fingerprint density at radius 1 is 1.24 bits per heavy atom. The molecule has 0 spiro atoms. The number of aryl methyl sites for hydroxylation is 2. The van der Waals surface area contributed by atoms with Crippen LogP contribution in [0.4, 0.5) is 0 Å². The third-order valence-corrected chi connectivity index (χ3v) is 7.52. The van der Waals surface area contributed by atoms with Gasteiger partial charge in [-0.15, -0.1) is 22.7 Å². The van der Waals surface area contributed by atoms with Crippen molar-refractivity contribution in [3.8, 4) is 0 Å². The Morgan fingerprint density at radius 3 is 2.40 bits per heavy atom. The molecule has 1 aliphatic heterocycles. The maximum absolute atomic E-state index is 11.2. The molecule has 136 valence electrons. The Bertz CT molecular complexity index is 666. The number of thiophene rings is 2. The second-order valence-corrected chi connectivity index (χ2v) is 9.00. The summed E-state index contributed by atoms with van der Waals surface area (Å²) in [4.78, 5) is 16.6. The molecule has 0 radical (unpaired) electrons. The molecule has 1 N–H and O–H groups in total. The molecule has 0 bridgehead atoms. The molecule has 2 aromatic heterocycles. The van der Waals surface area contributed by atoms with Gasteiger partial charge in [-0.3, -0.25) is 4.79 Å². The molecule has 1 saturated heterocycles. The van der Waals surface area contributed by atoms with Gasteiger partial charge in [-0.25, -0.2) is 0 Å². The average Bonchev–Trinajstić information content (AvgIpc) is 3.21. The highest BCUT2D eigenvalue weighted by Crippen LogP contribution is 2.39. The molecule has 5 heteroatoms. The average molecular weight is 378 g/mol. The zero-order valence-electron chi connectivity index (χ0n) is 15.0. The lowest BCUT2D eigenvalue weighted by molar-refractivity contribution is -0.143. The Morgan fingerprint density at radius 2 is 1.88 bits per heavy atom. The summed E-state index contributed by atoms with van der Waals surface area (Å²) in [7, 11) is 0. The van der Waals surface area contributed by atoms with E-state index in [9.17, 15) is 9.90 Å². The van der Waals surface area contributed by atoms with Crippen LogP contribution in [0.25, 0.3) is 0 Å². The molecule has 1 fully saturated rings. The van der Waals surface area contributed by atoms with Gasteiger partial charge in [0.15, 0.2) is 0 Å². The predicted octanol–water partition coefficient (Wildman–Crippen LogP) is 5.14.